The molecule has 0 fully saturated rings. The average molecular weight is 494 g/mol. The first-order chi connectivity index (χ1) is 17.7. The molecular weight excluding hydrogens is 442 g/mol. The van der Waals surface area contributed by atoms with Gasteiger partial charge in [-0.1, -0.05) is 116 Å². The molecule has 0 saturated carbocycles. The van der Waals surface area contributed by atoms with E-state index in [2.05, 4.69) is 43.1 Å². The summed E-state index contributed by atoms with van der Waals surface area (Å²) < 4.78 is 5.83. The highest BCUT2D eigenvalue weighted by molar-refractivity contribution is 5.85. The van der Waals surface area contributed by atoms with Crippen LogP contribution in [0.5, 0.6) is 11.5 Å². The number of hydrogen-bond donors (Lipinski definition) is 1. The molecule has 2 aromatic carbocycles. The Morgan fingerprint density at radius 3 is 1.81 bits per heavy atom. The topological polar surface area (TPSA) is 41.8 Å². The lowest BCUT2D eigenvalue weighted by atomic mass is 10.0. The normalized spacial score (nSPS) is 11.4. The molecule has 0 aromatic heterocycles. The summed E-state index contributed by atoms with van der Waals surface area (Å²) in [6, 6.07) is 14.0. The summed E-state index contributed by atoms with van der Waals surface area (Å²) in [6.45, 7) is 5.23. The Hall–Kier alpha value is -2.29. The Bertz CT molecular complexity index is 828. The number of hydrogen-bond acceptors (Lipinski definition) is 3. The van der Waals surface area contributed by atoms with Crippen LogP contribution < -0.4 is 4.74 Å². The number of nitrogens with zero attached hydrogens (tertiary/aromatic N) is 1. The predicted octanol–water partition coefficient (Wildman–Crippen LogP) is 10.3. The van der Waals surface area contributed by atoms with Crippen LogP contribution in [-0.4, -0.2) is 17.9 Å². The van der Waals surface area contributed by atoms with Gasteiger partial charge in [0.2, 0.25) is 0 Å². The quantitative estimate of drug-likeness (QED) is 0.139. The van der Waals surface area contributed by atoms with Crippen LogP contribution in [0.2, 0.25) is 0 Å². The number of rotatable bonds is 21. The fourth-order valence-corrected chi connectivity index (χ4v) is 4.50. The van der Waals surface area contributed by atoms with Crippen molar-refractivity contribution < 1.29 is 9.84 Å². The fraction of sp³-hybridized carbons (Fsp3) is 0.606. The van der Waals surface area contributed by atoms with Gasteiger partial charge in [0.1, 0.15) is 11.5 Å². The summed E-state index contributed by atoms with van der Waals surface area (Å²) in [4.78, 5) is 4.55. The minimum atomic E-state index is 0.207. The number of ether oxygens (including phenoxy) is 1. The molecule has 0 bridgehead atoms. The summed E-state index contributed by atoms with van der Waals surface area (Å²) in [7, 11) is 0. The molecule has 0 unspecified atom stereocenters. The maximum atomic E-state index is 10.4. The monoisotopic (exact) mass is 493 g/mol. The van der Waals surface area contributed by atoms with Crippen molar-refractivity contribution in [3.8, 4) is 11.5 Å². The molecule has 1 N–H and O–H groups in total. The Balaban J connectivity index is 1.64. The molecule has 0 amide bonds. The van der Waals surface area contributed by atoms with Crippen LogP contribution in [0.25, 0.3) is 0 Å². The molecule has 3 nitrogen and oxygen atoms in total. The highest BCUT2D eigenvalue weighted by Gasteiger charge is 2.03. The van der Waals surface area contributed by atoms with Crippen molar-refractivity contribution in [2.24, 2.45) is 4.99 Å². The smallest absolute Gasteiger partial charge is 0.128 e. The Morgan fingerprint density at radius 1 is 0.667 bits per heavy atom. The van der Waals surface area contributed by atoms with Crippen LogP contribution in [0.4, 0.5) is 5.69 Å². The summed E-state index contributed by atoms with van der Waals surface area (Å²) in [5, 5.41) is 10.4. The van der Waals surface area contributed by atoms with Crippen molar-refractivity contribution in [1.29, 1.82) is 0 Å². The number of unbranched alkanes of at least 4 members (excludes halogenated alkanes) is 14. The second kappa shape index (κ2) is 19.8. The Labute approximate surface area is 221 Å². The molecule has 0 heterocycles. The lowest BCUT2D eigenvalue weighted by Crippen LogP contribution is -1.97. The third kappa shape index (κ3) is 13.7. The molecule has 0 aliphatic carbocycles. The zero-order valence-corrected chi connectivity index (χ0v) is 23.1. The van der Waals surface area contributed by atoms with Crippen molar-refractivity contribution in [3.63, 3.8) is 0 Å². The number of aliphatic imine (C=N–C) groups is 1. The number of aryl methyl sites for hydroxylation is 1. The largest absolute Gasteiger partial charge is 0.507 e. The van der Waals surface area contributed by atoms with Gasteiger partial charge in [0, 0.05) is 17.8 Å². The van der Waals surface area contributed by atoms with Gasteiger partial charge in [0.05, 0.1) is 12.3 Å². The minimum absolute atomic E-state index is 0.207. The average Bonchev–Trinajstić information content (AvgIpc) is 2.89. The van der Waals surface area contributed by atoms with E-state index in [-0.39, 0.29) is 5.75 Å². The number of phenolic OH excluding ortho intramolecular Hbond substituents is 1. The first-order valence-corrected chi connectivity index (χ1v) is 14.8. The summed E-state index contributed by atoms with van der Waals surface area (Å²) in [5.41, 5.74) is 2.99. The van der Waals surface area contributed by atoms with Gasteiger partial charge < -0.3 is 9.84 Å². The van der Waals surface area contributed by atoms with E-state index in [1.54, 1.807) is 12.3 Å². The number of aromatic hydroxyl groups is 1. The number of benzene rings is 2. The van der Waals surface area contributed by atoms with Crippen molar-refractivity contribution >= 4 is 11.9 Å². The molecular formula is C33H51NO2. The van der Waals surface area contributed by atoms with E-state index < -0.39 is 0 Å². The van der Waals surface area contributed by atoms with Gasteiger partial charge in [-0.3, -0.25) is 4.99 Å². The van der Waals surface area contributed by atoms with Gasteiger partial charge in [-0.25, -0.2) is 0 Å². The number of phenols is 1. The standard InChI is InChI=1S/C33H51NO2/c1-3-5-7-9-11-13-15-17-19-29-20-23-31(24-21-29)34-28-30-22-25-32(27-33(30)35)36-26-18-16-14-12-10-8-6-4-2/h20-25,27-28,35H,3-19,26H2,1-2H3. The van der Waals surface area contributed by atoms with Crippen LogP contribution >= 0.6 is 0 Å². The minimum Gasteiger partial charge on any atom is -0.507 e. The predicted molar refractivity (Wildman–Crippen MR) is 156 cm³/mol. The van der Waals surface area contributed by atoms with E-state index in [9.17, 15) is 5.11 Å². The van der Waals surface area contributed by atoms with E-state index in [1.807, 2.05) is 12.1 Å². The van der Waals surface area contributed by atoms with Crippen molar-refractivity contribution in [2.45, 2.75) is 123 Å². The zero-order chi connectivity index (χ0) is 25.7. The summed E-state index contributed by atoms with van der Waals surface area (Å²) >= 11 is 0. The van der Waals surface area contributed by atoms with Gasteiger partial charge >= 0.3 is 0 Å². The van der Waals surface area contributed by atoms with Gasteiger partial charge in [-0.2, -0.15) is 0 Å². The second-order valence-corrected chi connectivity index (χ2v) is 10.2. The van der Waals surface area contributed by atoms with Gasteiger partial charge in [-0.05, 0) is 49.1 Å². The molecule has 200 valence electrons. The van der Waals surface area contributed by atoms with Gasteiger partial charge in [0.25, 0.3) is 0 Å². The molecule has 2 rings (SSSR count). The van der Waals surface area contributed by atoms with Gasteiger partial charge in [-0.15, -0.1) is 0 Å². The highest BCUT2D eigenvalue weighted by Crippen LogP contribution is 2.24. The molecule has 0 aliphatic rings. The molecule has 3 heteroatoms. The second-order valence-electron chi connectivity index (χ2n) is 10.2. The van der Waals surface area contributed by atoms with Crippen LogP contribution in [-0.2, 0) is 6.42 Å². The molecule has 0 aliphatic heterocycles. The van der Waals surface area contributed by atoms with Gasteiger partial charge in [0.15, 0.2) is 0 Å². The van der Waals surface area contributed by atoms with E-state index in [1.165, 1.54) is 102 Å². The van der Waals surface area contributed by atoms with E-state index >= 15 is 0 Å². The van der Waals surface area contributed by atoms with Crippen LogP contribution in [0.15, 0.2) is 47.5 Å². The summed E-state index contributed by atoms with van der Waals surface area (Å²) in [6.07, 6.45) is 24.0. The molecule has 0 radical (unpaired) electrons. The first-order valence-electron chi connectivity index (χ1n) is 14.8. The lowest BCUT2D eigenvalue weighted by Gasteiger charge is -2.08. The molecule has 36 heavy (non-hydrogen) atoms. The van der Waals surface area contributed by atoms with E-state index in [0.29, 0.717) is 12.2 Å². The zero-order valence-electron chi connectivity index (χ0n) is 23.1. The van der Waals surface area contributed by atoms with Crippen LogP contribution in [0.3, 0.4) is 0 Å². The molecule has 0 atom stereocenters. The third-order valence-electron chi connectivity index (χ3n) is 6.88. The fourth-order valence-electron chi connectivity index (χ4n) is 4.50. The van der Waals surface area contributed by atoms with Crippen molar-refractivity contribution in [3.05, 3.63) is 53.6 Å². The van der Waals surface area contributed by atoms with E-state index in [4.69, 9.17) is 4.74 Å². The summed E-state index contributed by atoms with van der Waals surface area (Å²) in [5.74, 6) is 0.927. The molecule has 2 aromatic rings. The van der Waals surface area contributed by atoms with E-state index in [0.717, 1.165) is 24.3 Å². The maximum Gasteiger partial charge on any atom is 0.128 e. The Morgan fingerprint density at radius 2 is 1.22 bits per heavy atom. The lowest BCUT2D eigenvalue weighted by molar-refractivity contribution is 0.302. The maximum absolute atomic E-state index is 10.4. The Kier molecular flexibility index (Phi) is 16.5. The molecule has 0 saturated heterocycles. The first kappa shape index (κ1) is 29.9. The van der Waals surface area contributed by atoms with Crippen molar-refractivity contribution in [2.75, 3.05) is 6.61 Å². The van der Waals surface area contributed by atoms with Crippen molar-refractivity contribution in [1.82, 2.24) is 0 Å². The third-order valence-corrected chi connectivity index (χ3v) is 6.88. The molecule has 0 spiro atoms. The SMILES string of the molecule is CCCCCCCCCCOc1ccc(C=Nc2ccc(CCCCCCCCCC)cc2)c(O)c1. The highest BCUT2D eigenvalue weighted by atomic mass is 16.5. The van der Waals surface area contributed by atoms with Crippen LogP contribution in [0.1, 0.15) is 128 Å². The van der Waals surface area contributed by atoms with Crippen LogP contribution in [0, 0.1) is 0 Å².